The fraction of sp³-hybridized carbons (Fsp3) is 0.316. The number of amides is 1. The molecule has 0 fully saturated rings. The Bertz CT molecular complexity index is 849. The van der Waals surface area contributed by atoms with Crippen LogP contribution in [0.15, 0.2) is 53.4 Å². The maximum atomic E-state index is 12.5. The highest BCUT2D eigenvalue weighted by atomic mass is 32.2. The highest BCUT2D eigenvalue weighted by Crippen LogP contribution is 2.18. The van der Waals surface area contributed by atoms with Gasteiger partial charge in [-0.2, -0.15) is 4.31 Å². The van der Waals surface area contributed by atoms with Gasteiger partial charge in [0.1, 0.15) is 18.1 Å². The Morgan fingerprint density at radius 1 is 1.04 bits per heavy atom. The summed E-state index contributed by atoms with van der Waals surface area (Å²) in [5, 5.41) is 2.65. The van der Waals surface area contributed by atoms with Gasteiger partial charge in [-0.15, -0.1) is 0 Å². The molecule has 2 rings (SSSR count). The van der Waals surface area contributed by atoms with E-state index >= 15 is 0 Å². The van der Waals surface area contributed by atoms with Gasteiger partial charge in [-0.25, -0.2) is 8.42 Å². The van der Waals surface area contributed by atoms with Gasteiger partial charge in [-0.05, 0) is 43.3 Å². The lowest BCUT2D eigenvalue weighted by molar-refractivity contribution is -0.121. The summed E-state index contributed by atoms with van der Waals surface area (Å²) in [6.45, 7) is 2.28. The topological polar surface area (TPSA) is 84.9 Å². The van der Waals surface area contributed by atoms with Gasteiger partial charge < -0.3 is 14.8 Å². The molecule has 0 saturated carbocycles. The van der Waals surface area contributed by atoms with Crippen molar-refractivity contribution in [3.63, 3.8) is 0 Å². The lowest BCUT2D eigenvalue weighted by atomic mass is 10.2. The van der Waals surface area contributed by atoms with Crippen LogP contribution in [0.3, 0.4) is 0 Å². The first-order valence-electron chi connectivity index (χ1n) is 8.39. The lowest BCUT2D eigenvalue weighted by Crippen LogP contribution is -2.39. The van der Waals surface area contributed by atoms with Crippen LogP contribution in [0.2, 0.25) is 0 Å². The second kappa shape index (κ2) is 9.38. The van der Waals surface area contributed by atoms with Gasteiger partial charge in [0.15, 0.2) is 0 Å². The van der Waals surface area contributed by atoms with Gasteiger partial charge in [0.25, 0.3) is 0 Å². The standard InChI is InChI=1S/C19H24N2O5S/c1-15-4-6-17(7-5-15)26-13-12-20-19(22)14-21(2)27(23,24)18-10-8-16(25-3)9-11-18/h4-11H,12-14H2,1-3H3,(H,20,22). The predicted octanol–water partition coefficient (Wildman–Crippen LogP) is 1.82. The molecule has 146 valence electrons. The Morgan fingerprint density at radius 2 is 1.63 bits per heavy atom. The van der Waals surface area contributed by atoms with E-state index in [-0.39, 0.29) is 18.0 Å². The number of carbonyl (C=O) groups excluding carboxylic acids is 1. The number of sulfonamides is 1. The van der Waals surface area contributed by atoms with Crippen LogP contribution in [0, 0.1) is 6.92 Å². The van der Waals surface area contributed by atoms with Crippen LogP contribution in [-0.2, 0) is 14.8 Å². The molecule has 0 saturated heterocycles. The van der Waals surface area contributed by atoms with E-state index in [9.17, 15) is 13.2 Å². The van der Waals surface area contributed by atoms with E-state index < -0.39 is 15.9 Å². The molecular weight excluding hydrogens is 368 g/mol. The monoisotopic (exact) mass is 392 g/mol. The normalized spacial score (nSPS) is 11.3. The van der Waals surface area contributed by atoms with Crippen LogP contribution < -0.4 is 14.8 Å². The number of methoxy groups -OCH3 is 1. The number of hydrogen-bond donors (Lipinski definition) is 1. The second-order valence-corrected chi connectivity index (χ2v) is 7.99. The highest BCUT2D eigenvalue weighted by Gasteiger charge is 2.22. The van der Waals surface area contributed by atoms with Crippen molar-refractivity contribution >= 4 is 15.9 Å². The number of carbonyl (C=O) groups is 1. The van der Waals surface area contributed by atoms with Crippen LogP contribution in [0.25, 0.3) is 0 Å². The van der Waals surface area contributed by atoms with Crippen molar-refractivity contribution in [1.82, 2.24) is 9.62 Å². The van der Waals surface area contributed by atoms with Gasteiger partial charge >= 0.3 is 0 Å². The summed E-state index contributed by atoms with van der Waals surface area (Å²) < 4.78 is 36.5. The third-order valence-electron chi connectivity index (χ3n) is 3.85. The molecule has 0 aromatic heterocycles. The van der Waals surface area contributed by atoms with Gasteiger partial charge in [0.05, 0.1) is 25.1 Å². The van der Waals surface area contributed by atoms with E-state index in [1.165, 1.54) is 26.3 Å². The Morgan fingerprint density at radius 3 is 2.22 bits per heavy atom. The third-order valence-corrected chi connectivity index (χ3v) is 5.67. The van der Waals surface area contributed by atoms with E-state index in [0.717, 1.165) is 9.87 Å². The zero-order valence-electron chi connectivity index (χ0n) is 15.6. The van der Waals surface area contributed by atoms with Crippen LogP contribution >= 0.6 is 0 Å². The summed E-state index contributed by atoms with van der Waals surface area (Å²) in [5.74, 6) is 0.874. The van der Waals surface area contributed by atoms with E-state index in [0.29, 0.717) is 18.1 Å². The van der Waals surface area contributed by atoms with Crippen LogP contribution in [0.4, 0.5) is 0 Å². The Hall–Kier alpha value is -2.58. The molecule has 0 bridgehead atoms. The van der Waals surface area contributed by atoms with Crippen molar-refractivity contribution in [2.24, 2.45) is 0 Å². The van der Waals surface area contributed by atoms with Crippen molar-refractivity contribution in [2.45, 2.75) is 11.8 Å². The maximum absolute atomic E-state index is 12.5. The maximum Gasteiger partial charge on any atom is 0.243 e. The largest absolute Gasteiger partial charge is 0.497 e. The number of benzene rings is 2. The van der Waals surface area contributed by atoms with Crippen molar-refractivity contribution in [1.29, 1.82) is 0 Å². The number of nitrogens with zero attached hydrogens (tertiary/aromatic N) is 1. The van der Waals surface area contributed by atoms with Gasteiger partial charge in [0, 0.05) is 7.05 Å². The smallest absolute Gasteiger partial charge is 0.243 e. The Balaban J connectivity index is 1.80. The molecule has 0 radical (unpaired) electrons. The van der Waals surface area contributed by atoms with Crippen LogP contribution in [0.1, 0.15) is 5.56 Å². The van der Waals surface area contributed by atoms with Gasteiger partial charge in [-0.3, -0.25) is 4.79 Å². The third kappa shape index (κ3) is 5.97. The molecule has 2 aromatic rings. The van der Waals surface area contributed by atoms with E-state index in [1.54, 1.807) is 12.1 Å². The summed E-state index contributed by atoms with van der Waals surface area (Å²) in [6, 6.07) is 13.6. The summed E-state index contributed by atoms with van der Waals surface area (Å²) in [5.41, 5.74) is 1.14. The zero-order valence-corrected chi connectivity index (χ0v) is 16.5. The molecule has 8 heteroatoms. The average Bonchev–Trinajstić information content (AvgIpc) is 2.66. The van der Waals surface area contributed by atoms with Crippen LogP contribution in [-0.4, -0.2) is 52.5 Å². The number of likely N-dealkylation sites (N-methyl/N-ethyl adjacent to an activating group) is 1. The lowest BCUT2D eigenvalue weighted by Gasteiger charge is -2.17. The summed E-state index contributed by atoms with van der Waals surface area (Å²) >= 11 is 0. The number of hydrogen-bond acceptors (Lipinski definition) is 5. The van der Waals surface area contributed by atoms with Crippen molar-refractivity contribution < 1.29 is 22.7 Å². The first-order valence-corrected chi connectivity index (χ1v) is 9.83. The average molecular weight is 392 g/mol. The van der Waals surface area contributed by atoms with Crippen molar-refractivity contribution in [2.75, 3.05) is 33.9 Å². The molecule has 0 spiro atoms. The molecule has 1 amide bonds. The van der Waals surface area contributed by atoms with E-state index in [4.69, 9.17) is 9.47 Å². The first kappa shape index (κ1) is 20.7. The molecule has 0 aliphatic rings. The second-order valence-electron chi connectivity index (χ2n) is 5.95. The Kier molecular flexibility index (Phi) is 7.20. The minimum atomic E-state index is -3.75. The predicted molar refractivity (Wildman–Crippen MR) is 102 cm³/mol. The molecule has 1 N–H and O–H groups in total. The number of nitrogens with one attached hydrogen (secondary N) is 1. The van der Waals surface area contributed by atoms with Crippen molar-refractivity contribution in [3.05, 3.63) is 54.1 Å². The number of aryl methyl sites for hydroxylation is 1. The van der Waals surface area contributed by atoms with E-state index in [2.05, 4.69) is 5.32 Å². The molecule has 0 atom stereocenters. The van der Waals surface area contributed by atoms with Crippen molar-refractivity contribution in [3.8, 4) is 11.5 Å². The molecule has 27 heavy (non-hydrogen) atoms. The molecule has 0 aliphatic heterocycles. The minimum absolute atomic E-state index is 0.0984. The SMILES string of the molecule is COc1ccc(S(=O)(=O)N(C)CC(=O)NCCOc2ccc(C)cc2)cc1. The van der Waals surface area contributed by atoms with Gasteiger partial charge in [0.2, 0.25) is 15.9 Å². The fourth-order valence-electron chi connectivity index (χ4n) is 2.26. The van der Waals surface area contributed by atoms with Gasteiger partial charge in [-0.1, -0.05) is 17.7 Å². The minimum Gasteiger partial charge on any atom is -0.497 e. The summed E-state index contributed by atoms with van der Waals surface area (Å²) in [7, 11) is -0.885. The Labute approximate surface area is 160 Å². The summed E-state index contributed by atoms with van der Waals surface area (Å²) in [4.78, 5) is 12.1. The van der Waals surface area contributed by atoms with Crippen LogP contribution in [0.5, 0.6) is 11.5 Å². The number of ether oxygens (including phenoxy) is 2. The molecule has 0 aliphatic carbocycles. The summed E-state index contributed by atoms with van der Waals surface area (Å²) in [6.07, 6.45) is 0. The highest BCUT2D eigenvalue weighted by molar-refractivity contribution is 7.89. The molecule has 2 aromatic carbocycles. The molecular formula is C19H24N2O5S. The quantitative estimate of drug-likeness (QED) is 0.658. The molecule has 0 heterocycles. The fourth-order valence-corrected chi connectivity index (χ4v) is 3.39. The molecule has 7 nitrogen and oxygen atoms in total. The molecule has 0 unspecified atom stereocenters. The first-order chi connectivity index (χ1) is 12.8. The zero-order chi connectivity index (χ0) is 19.9. The van der Waals surface area contributed by atoms with E-state index in [1.807, 2.05) is 31.2 Å². The number of rotatable bonds is 9.